The molecule has 0 saturated heterocycles. The summed E-state index contributed by atoms with van der Waals surface area (Å²) in [7, 11) is 0. The van der Waals surface area contributed by atoms with E-state index in [1.54, 1.807) is 42.5 Å². The van der Waals surface area contributed by atoms with E-state index in [1.807, 2.05) is 22.9 Å². The van der Waals surface area contributed by atoms with Gasteiger partial charge in [-0.05, 0) is 29.0 Å². The number of carbonyl (C=O) groups is 2. The van der Waals surface area contributed by atoms with Gasteiger partial charge in [0.25, 0.3) is 0 Å². The van der Waals surface area contributed by atoms with Crippen molar-refractivity contribution in [1.82, 2.24) is 5.16 Å². The van der Waals surface area contributed by atoms with Gasteiger partial charge in [-0.1, -0.05) is 35.5 Å². The number of carbonyl (C=O) groups excluding carboxylic acids is 2. The van der Waals surface area contributed by atoms with Crippen molar-refractivity contribution in [3.05, 3.63) is 87.1 Å². The standard InChI is InChI=1S/C20H13NO4S2/c22-19(18-8-4-10-27-18)14-5-1-2-6-15(14)20(23)24-12-13-11-16(25-21-13)17-7-3-9-26-17/h1-11H,12H2. The van der Waals surface area contributed by atoms with E-state index in [0.29, 0.717) is 21.9 Å². The van der Waals surface area contributed by atoms with Gasteiger partial charge in [0.2, 0.25) is 5.78 Å². The summed E-state index contributed by atoms with van der Waals surface area (Å²) in [5, 5.41) is 7.69. The highest BCUT2D eigenvalue weighted by molar-refractivity contribution is 7.13. The van der Waals surface area contributed by atoms with Crippen LogP contribution in [0.2, 0.25) is 0 Å². The maximum absolute atomic E-state index is 12.6. The molecule has 0 spiro atoms. The number of hydrogen-bond donors (Lipinski definition) is 0. The van der Waals surface area contributed by atoms with Gasteiger partial charge in [0.15, 0.2) is 5.76 Å². The molecule has 0 saturated carbocycles. The first kappa shape index (κ1) is 17.4. The molecule has 27 heavy (non-hydrogen) atoms. The van der Waals surface area contributed by atoms with E-state index in [9.17, 15) is 9.59 Å². The monoisotopic (exact) mass is 395 g/mol. The molecule has 4 rings (SSSR count). The van der Waals surface area contributed by atoms with E-state index in [4.69, 9.17) is 9.26 Å². The predicted octanol–water partition coefficient (Wildman–Crippen LogP) is 5.05. The Balaban J connectivity index is 1.48. The summed E-state index contributed by atoms with van der Waals surface area (Å²) in [4.78, 5) is 26.7. The smallest absolute Gasteiger partial charge is 0.339 e. The molecule has 134 valence electrons. The number of ether oxygens (including phenoxy) is 1. The first-order valence-corrected chi connectivity index (χ1v) is 9.82. The van der Waals surface area contributed by atoms with Crippen LogP contribution in [0.25, 0.3) is 10.6 Å². The molecule has 3 heterocycles. The number of thiophene rings is 2. The van der Waals surface area contributed by atoms with Gasteiger partial charge in [-0.25, -0.2) is 4.79 Å². The minimum atomic E-state index is -0.573. The van der Waals surface area contributed by atoms with Crippen LogP contribution < -0.4 is 0 Å². The van der Waals surface area contributed by atoms with Crippen molar-refractivity contribution >= 4 is 34.4 Å². The van der Waals surface area contributed by atoms with Crippen molar-refractivity contribution in [2.75, 3.05) is 0 Å². The fraction of sp³-hybridized carbons (Fsp3) is 0.0500. The Labute approximate surface area is 162 Å². The zero-order chi connectivity index (χ0) is 18.6. The highest BCUT2D eigenvalue weighted by atomic mass is 32.1. The van der Waals surface area contributed by atoms with Crippen LogP contribution in [0, 0.1) is 0 Å². The second kappa shape index (κ2) is 7.69. The lowest BCUT2D eigenvalue weighted by Gasteiger charge is -2.07. The highest BCUT2D eigenvalue weighted by Gasteiger charge is 2.20. The van der Waals surface area contributed by atoms with Crippen molar-refractivity contribution in [3.8, 4) is 10.6 Å². The molecule has 0 aliphatic rings. The van der Waals surface area contributed by atoms with Gasteiger partial charge >= 0.3 is 5.97 Å². The lowest BCUT2D eigenvalue weighted by atomic mass is 10.0. The summed E-state index contributed by atoms with van der Waals surface area (Å²) < 4.78 is 10.6. The van der Waals surface area contributed by atoms with Gasteiger partial charge in [0, 0.05) is 11.6 Å². The fourth-order valence-corrected chi connectivity index (χ4v) is 3.88. The van der Waals surface area contributed by atoms with Crippen LogP contribution in [0.4, 0.5) is 0 Å². The van der Waals surface area contributed by atoms with Gasteiger partial charge in [-0.15, -0.1) is 22.7 Å². The van der Waals surface area contributed by atoms with Crippen molar-refractivity contribution < 1.29 is 18.8 Å². The maximum atomic E-state index is 12.6. The van der Waals surface area contributed by atoms with Gasteiger partial charge in [0.1, 0.15) is 12.3 Å². The number of aromatic nitrogens is 1. The van der Waals surface area contributed by atoms with E-state index < -0.39 is 5.97 Å². The van der Waals surface area contributed by atoms with Crippen LogP contribution in [0.15, 0.2) is 69.9 Å². The van der Waals surface area contributed by atoms with Crippen LogP contribution in [-0.4, -0.2) is 16.9 Å². The number of esters is 1. The molecule has 1 aromatic carbocycles. The summed E-state index contributed by atoms with van der Waals surface area (Å²) >= 11 is 2.87. The first-order chi connectivity index (χ1) is 13.2. The van der Waals surface area contributed by atoms with Crippen molar-refractivity contribution in [3.63, 3.8) is 0 Å². The second-order valence-electron chi connectivity index (χ2n) is 5.59. The Morgan fingerprint density at radius 2 is 1.74 bits per heavy atom. The molecule has 0 bridgehead atoms. The zero-order valence-electron chi connectivity index (χ0n) is 14.0. The third-order valence-corrected chi connectivity index (χ3v) is 5.56. The zero-order valence-corrected chi connectivity index (χ0v) is 15.6. The van der Waals surface area contributed by atoms with Crippen LogP contribution in [0.1, 0.15) is 31.3 Å². The Hall–Kier alpha value is -3.03. The normalized spacial score (nSPS) is 10.7. The van der Waals surface area contributed by atoms with Crippen molar-refractivity contribution in [2.24, 2.45) is 0 Å². The lowest BCUT2D eigenvalue weighted by Crippen LogP contribution is -2.12. The summed E-state index contributed by atoms with van der Waals surface area (Å²) in [5.41, 5.74) is 1.07. The minimum absolute atomic E-state index is 0.0325. The summed E-state index contributed by atoms with van der Waals surface area (Å²) in [6.45, 7) is -0.0325. The molecule has 0 unspecified atom stereocenters. The summed E-state index contributed by atoms with van der Waals surface area (Å²) in [6.07, 6.45) is 0. The molecule has 0 N–H and O–H groups in total. The largest absolute Gasteiger partial charge is 0.455 e. The molecular formula is C20H13NO4S2. The van der Waals surface area contributed by atoms with Gasteiger partial charge < -0.3 is 9.26 Å². The number of hydrogen-bond acceptors (Lipinski definition) is 7. The quantitative estimate of drug-likeness (QED) is 0.337. The topological polar surface area (TPSA) is 69.4 Å². The fourth-order valence-electron chi connectivity index (χ4n) is 2.53. The predicted molar refractivity (Wildman–Crippen MR) is 103 cm³/mol. The van der Waals surface area contributed by atoms with Crippen LogP contribution in [-0.2, 0) is 11.3 Å². The van der Waals surface area contributed by atoms with Crippen molar-refractivity contribution in [1.29, 1.82) is 0 Å². The molecule has 5 nitrogen and oxygen atoms in total. The average molecular weight is 395 g/mol. The molecule has 0 fully saturated rings. The molecule has 0 aliphatic carbocycles. The van der Waals surface area contributed by atoms with E-state index >= 15 is 0 Å². The number of nitrogens with zero attached hydrogens (tertiary/aromatic N) is 1. The molecule has 3 aromatic heterocycles. The van der Waals surface area contributed by atoms with E-state index in [1.165, 1.54) is 22.7 Å². The average Bonchev–Trinajstić information content (AvgIpc) is 3.47. The molecule has 7 heteroatoms. The van der Waals surface area contributed by atoms with Crippen LogP contribution >= 0.6 is 22.7 Å². The van der Waals surface area contributed by atoms with Crippen molar-refractivity contribution in [2.45, 2.75) is 6.61 Å². The Bertz CT molecular complexity index is 1070. The molecule has 0 amide bonds. The molecule has 0 radical (unpaired) electrons. The molecule has 0 aliphatic heterocycles. The number of ketones is 1. The third kappa shape index (κ3) is 3.74. The minimum Gasteiger partial charge on any atom is -0.455 e. The lowest BCUT2D eigenvalue weighted by molar-refractivity contribution is 0.0462. The third-order valence-electron chi connectivity index (χ3n) is 3.81. The van der Waals surface area contributed by atoms with Gasteiger partial charge in [-0.3, -0.25) is 4.79 Å². The van der Waals surface area contributed by atoms with Crippen LogP contribution in [0.3, 0.4) is 0 Å². The van der Waals surface area contributed by atoms with E-state index in [0.717, 1.165) is 4.88 Å². The Morgan fingerprint density at radius 3 is 2.48 bits per heavy atom. The summed E-state index contributed by atoms with van der Waals surface area (Å²) in [5.74, 6) is -0.139. The maximum Gasteiger partial charge on any atom is 0.339 e. The molecule has 4 aromatic rings. The Kier molecular flexibility index (Phi) is 4.95. The SMILES string of the molecule is O=C(OCc1cc(-c2cccs2)on1)c1ccccc1C(=O)c1cccs1. The second-order valence-corrected chi connectivity index (χ2v) is 7.48. The summed E-state index contributed by atoms with van der Waals surface area (Å²) in [6, 6.07) is 15.8. The molecular weight excluding hydrogens is 382 g/mol. The first-order valence-electron chi connectivity index (χ1n) is 8.06. The van der Waals surface area contributed by atoms with E-state index in [2.05, 4.69) is 5.16 Å². The Morgan fingerprint density at radius 1 is 0.963 bits per heavy atom. The van der Waals surface area contributed by atoms with Gasteiger partial charge in [-0.2, -0.15) is 0 Å². The van der Waals surface area contributed by atoms with Crippen LogP contribution in [0.5, 0.6) is 0 Å². The van der Waals surface area contributed by atoms with E-state index in [-0.39, 0.29) is 18.0 Å². The highest BCUT2D eigenvalue weighted by Crippen LogP contribution is 2.25. The number of rotatable bonds is 6. The number of benzene rings is 1. The van der Waals surface area contributed by atoms with Gasteiger partial charge in [0.05, 0.1) is 15.3 Å². The molecule has 0 atom stereocenters.